The Morgan fingerprint density at radius 3 is 2.81 bits per heavy atom. The van der Waals surface area contributed by atoms with Gasteiger partial charge in [0.2, 0.25) is 0 Å². The van der Waals surface area contributed by atoms with E-state index in [9.17, 15) is 9.59 Å². The van der Waals surface area contributed by atoms with Crippen LogP contribution in [0, 0.1) is 0 Å². The Labute approximate surface area is 158 Å². The van der Waals surface area contributed by atoms with Crippen LogP contribution in [0.1, 0.15) is 45.9 Å². The number of H-pyrrole nitrogens is 1. The zero-order chi connectivity index (χ0) is 19.0. The third-order valence-electron chi connectivity index (χ3n) is 5.67. The summed E-state index contributed by atoms with van der Waals surface area (Å²) >= 11 is 0. The number of methoxy groups -OCH3 is 2. The van der Waals surface area contributed by atoms with Gasteiger partial charge in [-0.1, -0.05) is 0 Å². The number of aryl methyl sites for hydroxylation is 2. The highest BCUT2D eigenvalue weighted by Gasteiger charge is 2.31. The number of ether oxygens (including phenoxy) is 2. The Kier molecular flexibility index (Phi) is 4.64. The van der Waals surface area contributed by atoms with Gasteiger partial charge in [-0.3, -0.25) is 9.59 Å². The number of pyridine rings is 1. The second kappa shape index (κ2) is 7.10. The van der Waals surface area contributed by atoms with Crippen LogP contribution in [-0.2, 0) is 12.8 Å². The van der Waals surface area contributed by atoms with E-state index in [1.807, 2.05) is 18.2 Å². The van der Waals surface area contributed by atoms with Crippen LogP contribution in [0.15, 0.2) is 29.1 Å². The number of nitrogens with one attached hydrogen (secondary N) is 1. The number of carbonyl (C=O) groups excluding carboxylic acids is 1. The third-order valence-corrected chi connectivity index (χ3v) is 5.67. The maximum absolute atomic E-state index is 13.0. The van der Waals surface area contributed by atoms with E-state index in [0.717, 1.165) is 54.0 Å². The maximum Gasteiger partial charge on any atom is 0.261 e. The number of rotatable bonds is 4. The highest BCUT2D eigenvalue weighted by atomic mass is 16.5. The molecule has 1 aromatic heterocycles. The van der Waals surface area contributed by atoms with Crippen molar-refractivity contribution in [2.45, 2.75) is 31.6 Å². The van der Waals surface area contributed by atoms with Crippen molar-refractivity contribution < 1.29 is 14.3 Å². The Morgan fingerprint density at radius 1 is 1.19 bits per heavy atom. The molecule has 6 heteroatoms. The van der Waals surface area contributed by atoms with Gasteiger partial charge in [0.15, 0.2) is 0 Å². The van der Waals surface area contributed by atoms with Gasteiger partial charge in [0.05, 0.1) is 14.2 Å². The number of amides is 1. The van der Waals surface area contributed by atoms with E-state index in [1.165, 1.54) is 0 Å². The first kappa shape index (κ1) is 17.6. The monoisotopic (exact) mass is 368 g/mol. The Bertz CT molecular complexity index is 934. The number of aromatic nitrogens is 1. The largest absolute Gasteiger partial charge is 0.497 e. The van der Waals surface area contributed by atoms with Crippen molar-refractivity contribution in [1.29, 1.82) is 0 Å². The molecule has 6 nitrogen and oxygen atoms in total. The van der Waals surface area contributed by atoms with Gasteiger partial charge in [-0.15, -0.1) is 0 Å². The summed E-state index contributed by atoms with van der Waals surface area (Å²) in [5.41, 5.74) is 3.10. The fourth-order valence-electron chi connectivity index (χ4n) is 4.20. The first-order chi connectivity index (χ1) is 13.1. The average molecular weight is 368 g/mol. The lowest BCUT2D eigenvalue weighted by Gasteiger charge is -2.18. The molecule has 1 aromatic carbocycles. The van der Waals surface area contributed by atoms with Gasteiger partial charge < -0.3 is 19.4 Å². The van der Waals surface area contributed by atoms with Gasteiger partial charge in [0.25, 0.3) is 11.5 Å². The molecule has 2 heterocycles. The number of fused-ring (bicyclic) bond motifs is 1. The van der Waals surface area contributed by atoms with Gasteiger partial charge in [-0.25, -0.2) is 0 Å². The van der Waals surface area contributed by atoms with Crippen molar-refractivity contribution >= 4 is 5.91 Å². The highest BCUT2D eigenvalue weighted by molar-refractivity contribution is 5.94. The quantitative estimate of drug-likeness (QED) is 0.900. The lowest BCUT2D eigenvalue weighted by molar-refractivity contribution is 0.0788. The average Bonchev–Trinajstić information content (AvgIpc) is 3.35. The van der Waals surface area contributed by atoms with Gasteiger partial charge in [-0.2, -0.15) is 0 Å². The molecule has 1 atom stereocenters. The molecule has 4 rings (SSSR count). The summed E-state index contributed by atoms with van der Waals surface area (Å²) in [7, 11) is 3.28. The standard InChI is InChI=1S/C21H24N2O4/c1-26-15-6-7-19(27-2)16(11-15)14-8-9-23(12-14)21(25)17-10-13-4-3-5-18(13)22-20(17)24/h6-7,10-11,14H,3-5,8-9,12H2,1-2H3,(H,22,24)/t14-/m0/s1. The topological polar surface area (TPSA) is 71.6 Å². The summed E-state index contributed by atoms with van der Waals surface area (Å²) in [6, 6.07) is 7.52. The van der Waals surface area contributed by atoms with Crippen LogP contribution < -0.4 is 15.0 Å². The van der Waals surface area contributed by atoms with Gasteiger partial charge in [0, 0.05) is 30.3 Å². The summed E-state index contributed by atoms with van der Waals surface area (Å²) in [4.78, 5) is 30.0. The number of likely N-dealkylation sites (tertiary alicyclic amines) is 1. The molecule has 0 bridgehead atoms. The van der Waals surface area contributed by atoms with Crippen LogP contribution >= 0.6 is 0 Å². The summed E-state index contributed by atoms with van der Waals surface area (Å²) in [5.74, 6) is 1.54. The molecule has 2 aliphatic rings. The van der Waals surface area contributed by atoms with Crippen LogP contribution in [0.2, 0.25) is 0 Å². The molecule has 0 saturated carbocycles. The molecule has 1 saturated heterocycles. The zero-order valence-corrected chi connectivity index (χ0v) is 15.7. The smallest absolute Gasteiger partial charge is 0.261 e. The van der Waals surface area contributed by atoms with E-state index in [4.69, 9.17) is 9.47 Å². The SMILES string of the molecule is COc1ccc(OC)c([C@H]2CCN(C(=O)c3cc4c([nH]c3=O)CCC4)C2)c1. The zero-order valence-electron chi connectivity index (χ0n) is 15.7. The van der Waals surface area contributed by atoms with E-state index >= 15 is 0 Å². The number of nitrogens with zero attached hydrogens (tertiary/aromatic N) is 1. The van der Waals surface area contributed by atoms with Crippen molar-refractivity contribution in [2.24, 2.45) is 0 Å². The Hall–Kier alpha value is -2.76. The lowest BCUT2D eigenvalue weighted by atomic mass is 9.97. The van der Waals surface area contributed by atoms with Crippen LogP contribution in [0.5, 0.6) is 11.5 Å². The van der Waals surface area contributed by atoms with Crippen LogP contribution in [0.25, 0.3) is 0 Å². The summed E-state index contributed by atoms with van der Waals surface area (Å²) in [6.07, 6.45) is 3.68. The molecule has 1 aliphatic carbocycles. The Balaban J connectivity index is 1.57. The van der Waals surface area contributed by atoms with E-state index < -0.39 is 0 Å². The number of aromatic amines is 1. The number of hydrogen-bond donors (Lipinski definition) is 1. The first-order valence-electron chi connectivity index (χ1n) is 9.37. The van der Waals surface area contributed by atoms with Gasteiger partial charge in [-0.05, 0) is 55.5 Å². The maximum atomic E-state index is 13.0. The minimum Gasteiger partial charge on any atom is -0.497 e. The first-order valence-corrected chi connectivity index (χ1v) is 9.37. The molecular formula is C21H24N2O4. The van der Waals surface area contributed by atoms with Crippen LogP contribution in [0.4, 0.5) is 0 Å². The number of carbonyl (C=O) groups is 1. The molecular weight excluding hydrogens is 344 g/mol. The fourth-order valence-corrected chi connectivity index (χ4v) is 4.20. The molecule has 1 fully saturated rings. The molecule has 0 radical (unpaired) electrons. The minimum absolute atomic E-state index is 0.160. The second-order valence-corrected chi connectivity index (χ2v) is 7.21. The van der Waals surface area contributed by atoms with Gasteiger partial charge in [0.1, 0.15) is 17.1 Å². The molecule has 27 heavy (non-hydrogen) atoms. The summed E-state index contributed by atoms with van der Waals surface area (Å²) in [5, 5.41) is 0. The van der Waals surface area contributed by atoms with Crippen molar-refractivity contribution in [1.82, 2.24) is 9.88 Å². The molecule has 0 unspecified atom stereocenters. The van der Waals surface area contributed by atoms with E-state index in [2.05, 4.69) is 4.98 Å². The van der Waals surface area contributed by atoms with E-state index in [0.29, 0.717) is 13.1 Å². The molecule has 2 aromatic rings. The molecule has 0 spiro atoms. The fraction of sp³-hybridized carbons (Fsp3) is 0.429. The van der Waals surface area contributed by atoms with Crippen molar-refractivity contribution in [3.63, 3.8) is 0 Å². The summed E-state index contributed by atoms with van der Waals surface area (Å²) in [6.45, 7) is 1.19. The molecule has 1 N–H and O–H groups in total. The number of benzene rings is 1. The summed E-state index contributed by atoms with van der Waals surface area (Å²) < 4.78 is 10.8. The predicted molar refractivity (Wildman–Crippen MR) is 102 cm³/mol. The van der Waals surface area contributed by atoms with Crippen LogP contribution in [-0.4, -0.2) is 43.1 Å². The normalized spacial score (nSPS) is 18.4. The minimum atomic E-state index is -0.275. The second-order valence-electron chi connectivity index (χ2n) is 7.21. The van der Waals surface area contributed by atoms with Crippen molar-refractivity contribution in [2.75, 3.05) is 27.3 Å². The van der Waals surface area contributed by atoms with Crippen LogP contribution in [0.3, 0.4) is 0 Å². The van der Waals surface area contributed by atoms with E-state index in [1.54, 1.807) is 25.2 Å². The molecule has 1 aliphatic heterocycles. The third kappa shape index (κ3) is 3.20. The van der Waals surface area contributed by atoms with Gasteiger partial charge >= 0.3 is 0 Å². The predicted octanol–water partition coefficient (Wildman–Crippen LogP) is 2.51. The molecule has 1 amide bonds. The highest BCUT2D eigenvalue weighted by Crippen LogP contribution is 2.36. The van der Waals surface area contributed by atoms with Crippen molar-refractivity contribution in [3.8, 4) is 11.5 Å². The molecule has 142 valence electrons. The lowest BCUT2D eigenvalue weighted by Crippen LogP contribution is -2.33. The Morgan fingerprint density at radius 2 is 2.04 bits per heavy atom. The van der Waals surface area contributed by atoms with Crippen molar-refractivity contribution in [3.05, 3.63) is 57.0 Å². The van der Waals surface area contributed by atoms with E-state index in [-0.39, 0.29) is 22.9 Å². The number of hydrogen-bond acceptors (Lipinski definition) is 4.